The van der Waals surface area contributed by atoms with Crippen LogP contribution in [0.1, 0.15) is 25.2 Å². The zero-order chi connectivity index (χ0) is 17.1. The summed E-state index contributed by atoms with van der Waals surface area (Å²) in [5.74, 6) is 0.356. The van der Waals surface area contributed by atoms with Crippen molar-refractivity contribution in [1.82, 2.24) is 19.4 Å². The molecule has 1 aromatic heterocycles. The van der Waals surface area contributed by atoms with Gasteiger partial charge in [-0.1, -0.05) is 0 Å². The van der Waals surface area contributed by atoms with Gasteiger partial charge in [-0.3, -0.25) is 14.3 Å². The summed E-state index contributed by atoms with van der Waals surface area (Å²) in [5, 5.41) is 0. The van der Waals surface area contributed by atoms with E-state index < -0.39 is 6.55 Å². The van der Waals surface area contributed by atoms with Crippen LogP contribution >= 0.6 is 24.8 Å². The van der Waals surface area contributed by atoms with Gasteiger partial charge < -0.3 is 15.4 Å². The summed E-state index contributed by atoms with van der Waals surface area (Å²) in [6.07, 6.45) is 3.80. The summed E-state index contributed by atoms with van der Waals surface area (Å²) < 4.78 is 32.2. The Hall–Kier alpha value is -1.00. The lowest BCUT2D eigenvalue weighted by Crippen LogP contribution is -2.51. The first-order chi connectivity index (χ1) is 11.6. The summed E-state index contributed by atoms with van der Waals surface area (Å²) in [7, 11) is 0. The van der Waals surface area contributed by atoms with Gasteiger partial charge in [0.25, 0.3) is 5.91 Å². The van der Waals surface area contributed by atoms with Gasteiger partial charge in [0.15, 0.2) is 0 Å². The second-order valence-corrected chi connectivity index (χ2v) is 6.19. The Kier molecular flexibility index (Phi) is 9.18. The standard InChI is InChI=1S/C15H23F2N5O2.2ClH/c16-15(17)22-4-3-19-13(22)10-20-5-7-21(8-6-20)14(23)12-2-1-11(9-18)24-12;;/h3-4,11-12,15H,1-2,5-10,18H2;2*1H/t11-,12+;;/m1../s1. The smallest absolute Gasteiger partial charge is 0.319 e. The highest BCUT2D eigenvalue weighted by Gasteiger charge is 2.34. The van der Waals surface area contributed by atoms with Crippen LogP contribution in [0, 0.1) is 0 Å². The molecule has 0 unspecified atom stereocenters. The zero-order valence-corrected chi connectivity index (χ0v) is 15.9. The summed E-state index contributed by atoms with van der Waals surface area (Å²) in [6, 6.07) is 0. The summed E-state index contributed by atoms with van der Waals surface area (Å²) >= 11 is 0. The molecule has 2 saturated heterocycles. The Morgan fingerprint density at radius 3 is 2.54 bits per heavy atom. The topological polar surface area (TPSA) is 76.6 Å². The minimum atomic E-state index is -2.58. The first-order valence-corrected chi connectivity index (χ1v) is 8.25. The quantitative estimate of drug-likeness (QED) is 0.783. The second-order valence-electron chi connectivity index (χ2n) is 6.19. The normalized spacial score (nSPS) is 23.6. The number of aromatic nitrogens is 2. The number of alkyl halides is 2. The molecule has 0 radical (unpaired) electrons. The van der Waals surface area contributed by atoms with Gasteiger partial charge in [-0.15, -0.1) is 24.8 Å². The van der Waals surface area contributed by atoms with Gasteiger partial charge in [-0.05, 0) is 12.8 Å². The molecule has 2 fully saturated rings. The molecule has 0 bridgehead atoms. The lowest BCUT2D eigenvalue weighted by molar-refractivity contribution is -0.144. The largest absolute Gasteiger partial charge is 0.364 e. The van der Waals surface area contributed by atoms with E-state index in [0.717, 1.165) is 11.0 Å². The summed E-state index contributed by atoms with van der Waals surface area (Å²) in [4.78, 5) is 20.3. The number of piperazine rings is 1. The number of rotatable bonds is 5. The molecular formula is C15H25Cl2F2N5O2. The first-order valence-electron chi connectivity index (χ1n) is 8.25. The summed E-state index contributed by atoms with van der Waals surface area (Å²) in [5.41, 5.74) is 5.57. The molecule has 11 heteroatoms. The van der Waals surface area contributed by atoms with Crippen molar-refractivity contribution in [3.8, 4) is 0 Å². The lowest BCUT2D eigenvalue weighted by atomic mass is 10.1. The molecule has 0 spiro atoms. The number of carbonyl (C=O) groups is 1. The van der Waals surface area contributed by atoms with Crippen molar-refractivity contribution in [3.05, 3.63) is 18.2 Å². The number of hydrogen-bond donors (Lipinski definition) is 1. The fourth-order valence-corrected chi connectivity index (χ4v) is 3.23. The van der Waals surface area contributed by atoms with Crippen LogP contribution in [-0.4, -0.2) is 70.2 Å². The zero-order valence-electron chi connectivity index (χ0n) is 14.3. The van der Waals surface area contributed by atoms with Crippen LogP contribution < -0.4 is 5.73 Å². The van der Waals surface area contributed by atoms with E-state index in [9.17, 15) is 13.6 Å². The highest BCUT2D eigenvalue weighted by molar-refractivity contribution is 5.85. The van der Waals surface area contributed by atoms with Crippen molar-refractivity contribution in [3.63, 3.8) is 0 Å². The van der Waals surface area contributed by atoms with Crippen molar-refractivity contribution in [2.75, 3.05) is 32.7 Å². The third-order valence-electron chi connectivity index (χ3n) is 4.65. The Morgan fingerprint density at radius 2 is 1.96 bits per heavy atom. The molecule has 7 nitrogen and oxygen atoms in total. The van der Waals surface area contributed by atoms with Crippen LogP contribution in [0.5, 0.6) is 0 Å². The molecule has 2 aliphatic heterocycles. The Bertz CT molecular complexity index is 570. The number of ether oxygens (including phenoxy) is 1. The Balaban J connectivity index is 0.00000169. The van der Waals surface area contributed by atoms with Crippen molar-refractivity contribution >= 4 is 30.7 Å². The number of imidazole rings is 1. The third-order valence-corrected chi connectivity index (χ3v) is 4.65. The van der Waals surface area contributed by atoms with Crippen LogP contribution in [0.25, 0.3) is 0 Å². The second kappa shape index (κ2) is 10.4. The molecule has 3 rings (SSSR count). The van der Waals surface area contributed by atoms with Gasteiger partial charge in [-0.25, -0.2) is 4.98 Å². The van der Waals surface area contributed by atoms with Crippen molar-refractivity contribution in [2.45, 2.75) is 38.1 Å². The lowest BCUT2D eigenvalue weighted by Gasteiger charge is -2.35. The maximum absolute atomic E-state index is 12.8. The highest BCUT2D eigenvalue weighted by atomic mass is 35.5. The monoisotopic (exact) mass is 415 g/mol. The van der Waals surface area contributed by atoms with E-state index in [0.29, 0.717) is 51.5 Å². The van der Waals surface area contributed by atoms with E-state index in [1.54, 1.807) is 4.90 Å². The summed E-state index contributed by atoms with van der Waals surface area (Å²) in [6.45, 7) is 0.621. The van der Waals surface area contributed by atoms with Crippen LogP contribution in [0.15, 0.2) is 12.4 Å². The number of hydrogen-bond acceptors (Lipinski definition) is 5. The van der Waals surface area contributed by atoms with Gasteiger partial charge >= 0.3 is 6.55 Å². The molecule has 2 atom stereocenters. The average molecular weight is 416 g/mol. The first kappa shape index (κ1) is 23.0. The predicted molar refractivity (Wildman–Crippen MR) is 96.8 cm³/mol. The van der Waals surface area contributed by atoms with E-state index >= 15 is 0 Å². The number of carbonyl (C=O) groups excluding carboxylic acids is 1. The molecule has 0 aromatic carbocycles. The number of amides is 1. The third kappa shape index (κ3) is 5.26. The maximum Gasteiger partial charge on any atom is 0.319 e. The molecule has 2 N–H and O–H groups in total. The SMILES string of the molecule is Cl.Cl.NC[C@H]1CC[C@@H](C(=O)N2CCN(Cc3nccn3C(F)F)CC2)O1. The molecule has 1 amide bonds. The van der Waals surface area contributed by atoms with Crippen molar-refractivity contribution in [1.29, 1.82) is 0 Å². The average Bonchev–Trinajstić information content (AvgIpc) is 3.24. The van der Waals surface area contributed by atoms with Crippen LogP contribution in [0.4, 0.5) is 8.78 Å². The van der Waals surface area contributed by atoms with Gasteiger partial charge in [0.05, 0.1) is 12.6 Å². The fraction of sp³-hybridized carbons (Fsp3) is 0.733. The minimum absolute atomic E-state index is 0. The molecule has 3 heterocycles. The van der Waals surface area contributed by atoms with Crippen LogP contribution in [0.2, 0.25) is 0 Å². The Morgan fingerprint density at radius 1 is 1.27 bits per heavy atom. The molecular weight excluding hydrogens is 391 g/mol. The van der Waals surface area contributed by atoms with E-state index in [4.69, 9.17) is 10.5 Å². The highest BCUT2D eigenvalue weighted by Crippen LogP contribution is 2.21. The van der Waals surface area contributed by atoms with Crippen molar-refractivity contribution < 1.29 is 18.3 Å². The van der Waals surface area contributed by atoms with Gasteiger partial charge in [0.2, 0.25) is 0 Å². The van der Waals surface area contributed by atoms with E-state index in [-0.39, 0.29) is 42.9 Å². The molecule has 150 valence electrons. The fourth-order valence-electron chi connectivity index (χ4n) is 3.23. The van der Waals surface area contributed by atoms with Crippen LogP contribution in [-0.2, 0) is 16.1 Å². The van der Waals surface area contributed by atoms with Gasteiger partial charge in [0, 0.05) is 45.1 Å². The minimum Gasteiger partial charge on any atom is -0.364 e. The predicted octanol–water partition coefficient (Wildman–Crippen LogP) is 1.27. The van der Waals surface area contributed by atoms with Gasteiger partial charge in [-0.2, -0.15) is 8.78 Å². The number of nitrogens with zero attached hydrogens (tertiary/aromatic N) is 4. The Labute approximate surface area is 163 Å². The maximum atomic E-state index is 12.8. The molecule has 2 aliphatic rings. The molecule has 0 saturated carbocycles. The number of nitrogens with two attached hydrogens (primary N) is 1. The molecule has 26 heavy (non-hydrogen) atoms. The van der Waals surface area contributed by atoms with Crippen molar-refractivity contribution in [2.24, 2.45) is 5.73 Å². The molecule has 1 aromatic rings. The van der Waals surface area contributed by atoms with E-state index in [2.05, 4.69) is 4.98 Å². The number of halogens is 4. The van der Waals surface area contributed by atoms with E-state index in [1.807, 2.05) is 4.90 Å². The molecule has 0 aliphatic carbocycles. The van der Waals surface area contributed by atoms with Crippen LogP contribution in [0.3, 0.4) is 0 Å². The van der Waals surface area contributed by atoms with E-state index in [1.165, 1.54) is 12.4 Å². The van der Waals surface area contributed by atoms with Gasteiger partial charge in [0.1, 0.15) is 11.9 Å².